The molecule has 0 amide bonds. The molecule has 0 heterocycles. The van der Waals surface area contributed by atoms with Crippen LogP contribution in [0.1, 0.15) is 78.1 Å². The van der Waals surface area contributed by atoms with E-state index in [4.69, 9.17) is 5.11 Å². The lowest BCUT2D eigenvalue weighted by Gasteiger charge is -2.08. The smallest absolute Gasteiger partial charge is 0.338 e. The van der Waals surface area contributed by atoms with Gasteiger partial charge in [-0.1, -0.05) is 64.7 Å². The van der Waals surface area contributed by atoms with E-state index >= 15 is 0 Å². The van der Waals surface area contributed by atoms with E-state index in [1.165, 1.54) is 51.9 Å². The molecule has 2 N–H and O–H groups in total. The summed E-state index contributed by atoms with van der Waals surface area (Å²) < 4.78 is 29.1. The zero-order valence-corrected chi connectivity index (χ0v) is 13.8. The van der Waals surface area contributed by atoms with Crippen molar-refractivity contribution < 1.29 is 17.7 Å². The van der Waals surface area contributed by atoms with E-state index in [-0.39, 0.29) is 0 Å². The molecule has 20 heavy (non-hydrogen) atoms. The van der Waals surface area contributed by atoms with Gasteiger partial charge in [0.15, 0.2) is 6.29 Å². The maximum atomic E-state index is 11.2. The fraction of sp³-hybridized carbons (Fsp3) is 1.00. The molecule has 0 aliphatic carbocycles. The predicted octanol–water partition coefficient (Wildman–Crippen LogP) is 3.10. The number of aliphatic hydroxyl groups is 1. The maximum Gasteiger partial charge on any atom is 0.338 e. The number of unbranched alkanes of at least 4 members (excludes halogenated alkanes) is 9. The fourth-order valence-corrected chi connectivity index (χ4v) is 2.86. The first-order valence-electron chi connectivity index (χ1n) is 7.84. The third-order valence-electron chi connectivity index (χ3n) is 3.08. The van der Waals surface area contributed by atoms with Gasteiger partial charge in [-0.3, -0.25) is 0 Å². The van der Waals surface area contributed by atoms with E-state index in [0.717, 1.165) is 19.3 Å². The number of aliphatic hydroxyl groups excluding tert-OH is 1. The van der Waals surface area contributed by atoms with Crippen molar-refractivity contribution in [1.82, 2.24) is 4.72 Å². The van der Waals surface area contributed by atoms with Gasteiger partial charge in [-0.05, 0) is 13.3 Å². The number of nitrogens with one attached hydrogen (secondary N) is 1. The monoisotopic (exact) mass is 309 g/mol. The molecule has 0 aromatic rings. The van der Waals surface area contributed by atoms with Gasteiger partial charge in [-0.15, -0.1) is 0 Å². The van der Waals surface area contributed by atoms with E-state index < -0.39 is 16.6 Å². The lowest BCUT2D eigenvalue weighted by Crippen LogP contribution is -2.29. The fourth-order valence-electron chi connectivity index (χ4n) is 2.03. The molecule has 1 atom stereocenters. The van der Waals surface area contributed by atoms with E-state index in [2.05, 4.69) is 15.8 Å². The van der Waals surface area contributed by atoms with Crippen molar-refractivity contribution >= 4 is 10.3 Å². The van der Waals surface area contributed by atoms with E-state index in [1.807, 2.05) is 0 Å². The van der Waals surface area contributed by atoms with Crippen molar-refractivity contribution in [3.63, 3.8) is 0 Å². The number of hydrogen-bond donors (Lipinski definition) is 2. The van der Waals surface area contributed by atoms with Gasteiger partial charge in [0.2, 0.25) is 0 Å². The van der Waals surface area contributed by atoms with Crippen molar-refractivity contribution in [2.45, 2.75) is 84.3 Å². The molecular weight excluding hydrogens is 278 g/mol. The Balaban J connectivity index is 3.28. The van der Waals surface area contributed by atoms with E-state index in [0.29, 0.717) is 6.54 Å². The van der Waals surface area contributed by atoms with Crippen LogP contribution in [-0.2, 0) is 14.5 Å². The molecule has 0 radical (unpaired) electrons. The Morgan fingerprint density at radius 1 is 0.950 bits per heavy atom. The topological polar surface area (TPSA) is 75.6 Å². The molecule has 0 aliphatic rings. The average Bonchev–Trinajstić information content (AvgIpc) is 2.34. The third-order valence-corrected chi connectivity index (χ3v) is 4.16. The minimum Gasteiger partial charge on any atom is -0.367 e. The zero-order valence-electron chi connectivity index (χ0n) is 12.9. The van der Waals surface area contributed by atoms with Crippen LogP contribution < -0.4 is 4.72 Å². The molecular formula is C14H31NO4S. The van der Waals surface area contributed by atoms with Crippen LogP contribution in [0.4, 0.5) is 0 Å². The van der Waals surface area contributed by atoms with Gasteiger partial charge >= 0.3 is 10.3 Å². The summed E-state index contributed by atoms with van der Waals surface area (Å²) in [6, 6.07) is 0. The lowest BCUT2D eigenvalue weighted by atomic mass is 10.1. The van der Waals surface area contributed by atoms with Gasteiger partial charge in [0.05, 0.1) is 0 Å². The summed E-state index contributed by atoms with van der Waals surface area (Å²) in [6.45, 7) is 3.85. The molecule has 0 bridgehead atoms. The highest BCUT2D eigenvalue weighted by molar-refractivity contribution is 7.84. The van der Waals surface area contributed by atoms with Crippen LogP contribution in [0.2, 0.25) is 0 Å². The molecule has 0 aromatic heterocycles. The van der Waals surface area contributed by atoms with Crippen molar-refractivity contribution in [2.24, 2.45) is 0 Å². The standard InChI is InChI=1S/C14H31NO4S/c1-3-4-5-6-7-8-9-10-11-12-13-15-20(17,18)19-14(2)16/h14-16H,3-13H2,1-2H3. The minimum absolute atomic E-state index is 0.367. The Morgan fingerprint density at radius 3 is 1.85 bits per heavy atom. The van der Waals surface area contributed by atoms with E-state index in [1.54, 1.807) is 0 Å². The SMILES string of the molecule is CCCCCCCCCCCCNS(=O)(=O)OC(C)O. The Morgan fingerprint density at radius 2 is 1.40 bits per heavy atom. The molecule has 6 heteroatoms. The highest BCUT2D eigenvalue weighted by Crippen LogP contribution is 2.10. The summed E-state index contributed by atoms with van der Waals surface area (Å²) >= 11 is 0. The Labute approximate surface area is 124 Å². The van der Waals surface area contributed by atoms with Crippen LogP contribution >= 0.6 is 0 Å². The Bertz CT molecular complexity index is 304. The number of hydrogen-bond acceptors (Lipinski definition) is 4. The van der Waals surface area contributed by atoms with Crippen molar-refractivity contribution in [2.75, 3.05) is 6.54 Å². The lowest BCUT2D eigenvalue weighted by molar-refractivity contribution is 0.00411. The first kappa shape index (κ1) is 19.8. The predicted molar refractivity (Wildman–Crippen MR) is 81.5 cm³/mol. The van der Waals surface area contributed by atoms with E-state index in [9.17, 15) is 8.42 Å². The molecule has 5 nitrogen and oxygen atoms in total. The summed E-state index contributed by atoms with van der Waals surface area (Å²) in [7, 11) is -3.79. The largest absolute Gasteiger partial charge is 0.367 e. The zero-order chi connectivity index (χ0) is 15.3. The maximum absolute atomic E-state index is 11.2. The molecule has 0 saturated heterocycles. The second-order valence-electron chi connectivity index (χ2n) is 5.23. The van der Waals surface area contributed by atoms with Crippen LogP contribution in [0, 0.1) is 0 Å². The number of rotatable bonds is 14. The van der Waals surface area contributed by atoms with Gasteiger partial charge in [0.1, 0.15) is 0 Å². The normalized spacial score (nSPS) is 13.6. The summed E-state index contributed by atoms with van der Waals surface area (Å²) in [4.78, 5) is 0. The second-order valence-corrected chi connectivity index (χ2v) is 6.62. The van der Waals surface area contributed by atoms with Gasteiger partial charge in [0.25, 0.3) is 0 Å². The molecule has 0 aromatic carbocycles. The first-order chi connectivity index (χ1) is 9.48. The molecule has 0 saturated carbocycles. The summed E-state index contributed by atoms with van der Waals surface area (Å²) in [5, 5.41) is 8.82. The van der Waals surface area contributed by atoms with Gasteiger partial charge < -0.3 is 5.11 Å². The molecule has 0 fully saturated rings. The average molecular weight is 309 g/mol. The first-order valence-corrected chi connectivity index (χ1v) is 9.24. The van der Waals surface area contributed by atoms with Gasteiger partial charge in [0, 0.05) is 6.54 Å². The van der Waals surface area contributed by atoms with Crippen LogP contribution in [0.15, 0.2) is 0 Å². The molecule has 122 valence electrons. The summed E-state index contributed by atoms with van der Waals surface area (Å²) in [5.74, 6) is 0. The highest BCUT2D eigenvalue weighted by Gasteiger charge is 2.12. The van der Waals surface area contributed by atoms with Crippen LogP contribution in [0.25, 0.3) is 0 Å². The van der Waals surface area contributed by atoms with Gasteiger partial charge in [-0.2, -0.15) is 13.1 Å². The van der Waals surface area contributed by atoms with Gasteiger partial charge in [-0.25, -0.2) is 4.18 Å². The van der Waals surface area contributed by atoms with Crippen molar-refractivity contribution in [3.8, 4) is 0 Å². The van der Waals surface area contributed by atoms with Crippen LogP contribution in [0.3, 0.4) is 0 Å². The summed E-state index contributed by atoms with van der Waals surface area (Å²) in [6.07, 6.45) is 10.8. The molecule has 1 unspecified atom stereocenters. The van der Waals surface area contributed by atoms with Crippen LogP contribution in [0.5, 0.6) is 0 Å². The molecule has 0 aliphatic heterocycles. The van der Waals surface area contributed by atoms with Crippen LogP contribution in [-0.4, -0.2) is 26.4 Å². The van der Waals surface area contributed by atoms with Crippen molar-refractivity contribution in [1.29, 1.82) is 0 Å². The molecule has 0 rings (SSSR count). The van der Waals surface area contributed by atoms with Crippen molar-refractivity contribution in [3.05, 3.63) is 0 Å². The molecule has 0 spiro atoms. The Hall–Kier alpha value is -0.170. The second kappa shape index (κ2) is 12.6. The summed E-state index contributed by atoms with van der Waals surface area (Å²) in [5.41, 5.74) is 0. The third kappa shape index (κ3) is 14.2. The minimum atomic E-state index is -3.79. The highest BCUT2D eigenvalue weighted by atomic mass is 32.2. The Kier molecular flexibility index (Phi) is 12.5. The quantitative estimate of drug-likeness (QED) is 0.382.